The van der Waals surface area contributed by atoms with Crippen molar-refractivity contribution in [3.05, 3.63) is 194 Å². The van der Waals surface area contributed by atoms with Crippen molar-refractivity contribution >= 4 is 54.8 Å². The number of aromatic nitrogens is 4. The third-order valence-corrected chi connectivity index (χ3v) is 11.4. The van der Waals surface area contributed by atoms with E-state index < -0.39 is 0 Å². The number of para-hydroxylation sites is 6. The standard InChI is InChI=1S/C54H32N4O2/c1-2-20-46-45(19-1)55-51(35-29-25-33(26-30-35)37-11-7-15-41-39(37)13-9-17-43(41)53-57-47-21-3-5-23-49(47)59-53)52(56-46)36-31-27-34(28-32-36)38-12-8-16-42-40(38)14-10-18-44(42)54-58-48-22-4-6-24-50(48)60-54/h1-32H. The Morgan fingerprint density at radius 2 is 0.583 bits per heavy atom. The van der Waals surface area contributed by atoms with Gasteiger partial charge in [0.25, 0.3) is 0 Å². The molecule has 9 aromatic carbocycles. The van der Waals surface area contributed by atoms with Crippen LogP contribution in [0.15, 0.2) is 203 Å². The molecule has 12 aromatic rings. The van der Waals surface area contributed by atoms with Gasteiger partial charge >= 0.3 is 0 Å². The van der Waals surface area contributed by atoms with Gasteiger partial charge in [-0.15, -0.1) is 0 Å². The van der Waals surface area contributed by atoms with Gasteiger partial charge in [-0.25, -0.2) is 19.9 Å². The highest BCUT2D eigenvalue weighted by atomic mass is 16.4. The monoisotopic (exact) mass is 768 g/mol. The van der Waals surface area contributed by atoms with E-state index in [2.05, 4.69) is 121 Å². The topological polar surface area (TPSA) is 77.8 Å². The molecular formula is C54H32N4O2. The summed E-state index contributed by atoms with van der Waals surface area (Å²) in [6.45, 7) is 0. The van der Waals surface area contributed by atoms with E-state index in [0.29, 0.717) is 11.8 Å². The Labute approximate surface area is 344 Å². The fourth-order valence-electron chi connectivity index (χ4n) is 8.49. The van der Waals surface area contributed by atoms with E-state index in [1.165, 1.54) is 0 Å². The van der Waals surface area contributed by atoms with Gasteiger partial charge in [-0.05, 0) is 92.3 Å². The predicted molar refractivity (Wildman–Crippen MR) is 242 cm³/mol. The zero-order chi connectivity index (χ0) is 39.6. The van der Waals surface area contributed by atoms with E-state index in [-0.39, 0.29) is 0 Å². The second-order valence-electron chi connectivity index (χ2n) is 15.0. The van der Waals surface area contributed by atoms with Crippen LogP contribution in [0.25, 0.3) is 122 Å². The molecule has 280 valence electrons. The Kier molecular flexibility index (Phi) is 7.74. The van der Waals surface area contributed by atoms with Gasteiger partial charge in [-0.3, -0.25) is 0 Å². The second kappa shape index (κ2) is 13.7. The van der Waals surface area contributed by atoms with Crippen molar-refractivity contribution in [3.8, 4) is 67.7 Å². The summed E-state index contributed by atoms with van der Waals surface area (Å²) >= 11 is 0. The Morgan fingerprint density at radius 3 is 0.983 bits per heavy atom. The zero-order valence-corrected chi connectivity index (χ0v) is 32.1. The van der Waals surface area contributed by atoms with Crippen LogP contribution in [0.2, 0.25) is 0 Å². The largest absolute Gasteiger partial charge is 0.436 e. The molecule has 0 aliphatic rings. The molecule has 0 fully saturated rings. The van der Waals surface area contributed by atoms with Crippen molar-refractivity contribution in [1.29, 1.82) is 0 Å². The molecule has 6 heteroatoms. The minimum Gasteiger partial charge on any atom is -0.436 e. The lowest BCUT2D eigenvalue weighted by molar-refractivity contribution is 0.620. The van der Waals surface area contributed by atoms with Crippen LogP contribution >= 0.6 is 0 Å². The first-order chi connectivity index (χ1) is 29.7. The highest BCUT2D eigenvalue weighted by Gasteiger charge is 2.18. The number of oxazole rings is 2. The van der Waals surface area contributed by atoms with Crippen LogP contribution in [0.5, 0.6) is 0 Å². The first-order valence-electron chi connectivity index (χ1n) is 20.0. The Morgan fingerprint density at radius 1 is 0.250 bits per heavy atom. The van der Waals surface area contributed by atoms with Gasteiger partial charge in [0.05, 0.1) is 22.4 Å². The summed E-state index contributed by atoms with van der Waals surface area (Å²) < 4.78 is 12.4. The molecule has 0 unspecified atom stereocenters. The minimum atomic E-state index is 0.618. The summed E-state index contributed by atoms with van der Waals surface area (Å²) in [7, 11) is 0. The highest BCUT2D eigenvalue weighted by Crippen LogP contribution is 2.39. The lowest BCUT2D eigenvalue weighted by atomic mass is 9.93. The quantitative estimate of drug-likeness (QED) is 0.168. The van der Waals surface area contributed by atoms with E-state index in [1.807, 2.05) is 72.8 Å². The van der Waals surface area contributed by atoms with Gasteiger partial charge in [0.2, 0.25) is 11.8 Å². The van der Waals surface area contributed by atoms with Crippen molar-refractivity contribution in [1.82, 2.24) is 19.9 Å². The van der Waals surface area contributed by atoms with Crippen LogP contribution in [0.1, 0.15) is 0 Å². The van der Waals surface area contributed by atoms with Gasteiger partial charge in [0.15, 0.2) is 11.2 Å². The average molecular weight is 769 g/mol. The normalized spacial score (nSPS) is 11.7. The fraction of sp³-hybridized carbons (Fsp3) is 0. The first kappa shape index (κ1) is 33.9. The van der Waals surface area contributed by atoms with E-state index >= 15 is 0 Å². The van der Waals surface area contributed by atoms with Crippen LogP contribution in [-0.4, -0.2) is 19.9 Å². The van der Waals surface area contributed by atoms with E-state index in [4.69, 9.17) is 28.8 Å². The minimum absolute atomic E-state index is 0.618. The van der Waals surface area contributed by atoms with Crippen LogP contribution in [0.4, 0.5) is 0 Å². The summed E-state index contributed by atoms with van der Waals surface area (Å²) in [5.74, 6) is 1.24. The molecule has 0 saturated heterocycles. The first-order valence-corrected chi connectivity index (χ1v) is 20.0. The molecule has 0 N–H and O–H groups in total. The molecule has 60 heavy (non-hydrogen) atoms. The highest BCUT2D eigenvalue weighted by molar-refractivity contribution is 6.05. The van der Waals surface area contributed by atoms with Gasteiger partial charge in [-0.2, -0.15) is 0 Å². The summed E-state index contributed by atoms with van der Waals surface area (Å²) in [4.78, 5) is 20.0. The number of nitrogens with zero attached hydrogens (tertiary/aromatic N) is 4. The van der Waals surface area contributed by atoms with Crippen molar-refractivity contribution in [2.24, 2.45) is 0 Å². The Balaban J connectivity index is 0.911. The molecule has 3 heterocycles. The van der Waals surface area contributed by atoms with E-state index in [9.17, 15) is 0 Å². The number of rotatable bonds is 6. The molecule has 6 nitrogen and oxygen atoms in total. The molecule has 0 bridgehead atoms. The molecule has 0 radical (unpaired) electrons. The van der Waals surface area contributed by atoms with Gasteiger partial charge < -0.3 is 8.83 Å². The summed E-state index contributed by atoms with van der Waals surface area (Å²) in [6.07, 6.45) is 0. The number of hydrogen-bond acceptors (Lipinski definition) is 6. The maximum absolute atomic E-state index is 6.20. The molecule has 0 saturated carbocycles. The third kappa shape index (κ3) is 5.65. The van der Waals surface area contributed by atoms with Gasteiger partial charge in [-0.1, -0.05) is 146 Å². The Bertz CT molecular complexity index is 3300. The molecule has 3 aromatic heterocycles. The molecule has 0 spiro atoms. The zero-order valence-electron chi connectivity index (χ0n) is 32.1. The summed E-state index contributed by atoms with van der Waals surface area (Å²) in [5.41, 5.74) is 15.0. The van der Waals surface area contributed by atoms with E-state index in [0.717, 1.165) is 111 Å². The van der Waals surface area contributed by atoms with Crippen LogP contribution in [-0.2, 0) is 0 Å². The van der Waals surface area contributed by atoms with Crippen LogP contribution in [0.3, 0.4) is 0 Å². The second-order valence-corrected chi connectivity index (χ2v) is 15.0. The van der Waals surface area contributed by atoms with Crippen molar-refractivity contribution < 1.29 is 8.83 Å². The van der Waals surface area contributed by atoms with E-state index in [1.54, 1.807) is 0 Å². The molecule has 0 atom stereocenters. The lowest BCUT2D eigenvalue weighted by Gasteiger charge is -2.13. The molecule has 0 aliphatic carbocycles. The van der Waals surface area contributed by atoms with Crippen LogP contribution in [0, 0.1) is 0 Å². The lowest BCUT2D eigenvalue weighted by Crippen LogP contribution is -1.96. The summed E-state index contributed by atoms with van der Waals surface area (Å²) in [6, 6.07) is 66.6. The predicted octanol–water partition coefficient (Wildman–Crippen LogP) is 14.2. The molecule has 0 amide bonds. The SMILES string of the molecule is c1ccc2nc(-c3ccc(-c4cccc5c(-c6nc7ccccc7o6)cccc45)cc3)c(-c3ccc(-c4cccc5c(-c6nc7ccccc7o6)cccc45)cc3)nc2c1. The van der Waals surface area contributed by atoms with Crippen LogP contribution < -0.4 is 0 Å². The number of fused-ring (bicyclic) bond motifs is 5. The molecule has 0 aliphatic heterocycles. The maximum atomic E-state index is 6.20. The maximum Gasteiger partial charge on any atom is 0.227 e. The van der Waals surface area contributed by atoms with Gasteiger partial charge in [0.1, 0.15) is 11.0 Å². The molecule has 12 rings (SSSR count). The summed E-state index contributed by atoms with van der Waals surface area (Å²) in [5, 5.41) is 4.43. The third-order valence-electron chi connectivity index (χ3n) is 11.4. The fourth-order valence-corrected chi connectivity index (χ4v) is 8.49. The van der Waals surface area contributed by atoms with Gasteiger partial charge in [0, 0.05) is 22.3 Å². The average Bonchev–Trinajstić information content (AvgIpc) is 3.96. The van der Waals surface area contributed by atoms with Crippen molar-refractivity contribution in [3.63, 3.8) is 0 Å². The number of benzene rings is 9. The van der Waals surface area contributed by atoms with Crippen molar-refractivity contribution in [2.75, 3.05) is 0 Å². The smallest absolute Gasteiger partial charge is 0.227 e. The number of hydrogen-bond donors (Lipinski definition) is 0. The molecular weight excluding hydrogens is 737 g/mol. The van der Waals surface area contributed by atoms with Crippen molar-refractivity contribution in [2.45, 2.75) is 0 Å². The Hall–Kier alpha value is -8.22.